The van der Waals surface area contributed by atoms with Crippen molar-refractivity contribution < 1.29 is 22.8 Å². The molecule has 0 spiro atoms. The molecule has 0 radical (unpaired) electrons. The number of hydrogen-bond donors (Lipinski definition) is 0. The summed E-state index contributed by atoms with van der Waals surface area (Å²) < 4.78 is 40.2. The average Bonchev–Trinajstić information content (AvgIpc) is 3.12. The molecule has 0 bridgehead atoms. The van der Waals surface area contributed by atoms with Gasteiger partial charge in [0.15, 0.2) is 5.82 Å². The van der Waals surface area contributed by atoms with Gasteiger partial charge in [0.25, 0.3) is 5.91 Å². The lowest BCUT2D eigenvalue weighted by molar-refractivity contribution is -0.126. The van der Waals surface area contributed by atoms with Crippen molar-refractivity contribution in [3.8, 4) is 0 Å². The molecule has 0 fully saturated rings. The number of carbonyl (C=O) groups excluding carboxylic acids is 2. The summed E-state index contributed by atoms with van der Waals surface area (Å²) in [6.07, 6.45) is -4.54. The molecule has 9 heteroatoms. The Balaban J connectivity index is 1.66. The Labute approximate surface area is 194 Å². The second kappa shape index (κ2) is 7.86. The van der Waals surface area contributed by atoms with E-state index in [4.69, 9.17) is 0 Å². The van der Waals surface area contributed by atoms with E-state index in [-0.39, 0.29) is 23.2 Å². The summed E-state index contributed by atoms with van der Waals surface area (Å²) in [4.78, 5) is 34.4. The first-order valence-corrected chi connectivity index (χ1v) is 10.8. The Kier molecular flexibility index (Phi) is 5.07. The van der Waals surface area contributed by atoms with Gasteiger partial charge in [0, 0.05) is 12.6 Å². The Hall–Kier alpha value is -3.88. The quantitative estimate of drug-likeness (QED) is 0.568. The standard InChI is InChI=1S/C25H21F3N4O2/c1-15-23(33)30(2)19-12-13-20(29-22(19)31(15)14-25(26,27)28)32-21(16-8-4-3-5-9-16)17-10-6-7-11-18(17)24(32)34/h3-13,15,21H,14H2,1-2H3. The molecule has 3 aromatic rings. The van der Waals surface area contributed by atoms with Crippen molar-refractivity contribution in [3.05, 3.63) is 83.4 Å². The largest absolute Gasteiger partial charge is 0.406 e. The van der Waals surface area contributed by atoms with Gasteiger partial charge in [-0.25, -0.2) is 4.98 Å². The number of amides is 2. The Morgan fingerprint density at radius 1 is 0.941 bits per heavy atom. The molecule has 6 nitrogen and oxygen atoms in total. The van der Waals surface area contributed by atoms with Crippen molar-refractivity contribution >= 4 is 29.1 Å². The number of fused-ring (bicyclic) bond motifs is 2. The fourth-order valence-electron chi connectivity index (χ4n) is 4.68. The van der Waals surface area contributed by atoms with Gasteiger partial charge in [-0.05, 0) is 36.2 Å². The molecule has 0 saturated heterocycles. The van der Waals surface area contributed by atoms with Crippen LogP contribution in [0.5, 0.6) is 0 Å². The Morgan fingerprint density at radius 3 is 2.32 bits per heavy atom. The fourth-order valence-corrected chi connectivity index (χ4v) is 4.68. The number of alkyl halides is 3. The van der Waals surface area contributed by atoms with Gasteiger partial charge >= 0.3 is 6.18 Å². The lowest BCUT2D eigenvalue weighted by atomic mass is 9.98. The molecule has 0 aliphatic carbocycles. The van der Waals surface area contributed by atoms with Crippen molar-refractivity contribution in [2.24, 2.45) is 0 Å². The molecule has 2 aliphatic heterocycles. The number of nitrogens with zero attached hydrogens (tertiary/aromatic N) is 4. The Bertz CT molecular complexity index is 1280. The lowest BCUT2D eigenvalue weighted by Crippen LogP contribution is -2.53. The predicted molar refractivity (Wildman–Crippen MR) is 122 cm³/mol. The van der Waals surface area contributed by atoms with Crippen LogP contribution in [-0.2, 0) is 4.79 Å². The minimum absolute atomic E-state index is 0.0139. The summed E-state index contributed by atoms with van der Waals surface area (Å²) in [5, 5.41) is 0. The third-order valence-electron chi connectivity index (χ3n) is 6.30. The Morgan fingerprint density at radius 2 is 1.62 bits per heavy atom. The lowest BCUT2D eigenvalue weighted by Gasteiger charge is -2.40. The number of halogens is 3. The van der Waals surface area contributed by atoms with Crippen LogP contribution in [0.3, 0.4) is 0 Å². The van der Waals surface area contributed by atoms with E-state index in [1.54, 1.807) is 24.3 Å². The van der Waals surface area contributed by atoms with Gasteiger partial charge in [0.2, 0.25) is 5.91 Å². The monoisotopic (exact) mass is 466 g/mol. The SMILES string of the molecule is CC1C(=O)N(C)c2ccc(N3C(=O)c4ccccc4C3c3ccccc3)nc2N1CC(F)(F)F. The van der Waals surface area contributed by atoms with Gasteiger partial charge < -0.3 is 9.80 Å². The van der Waals surface area contributed by atoms with Crippen LogP contribution >= 0.6 is 0 Å². The van der Waals surface area contributed by atoms with Crippen LogP contribution in [0, 0.1) is 0 Å². The van der Waals surface area contributed by atoms with Crippen LogP contribution in [-0.4, -0.2) is 42.6 Å². The maximum atomic E-state index is 13.5. The second-order valence-corrected chi connectivity index (χ2v) is 8.40. The summed E-state index contributed by atoms with van der Waals surface area (Å²) in [6, 6.07) is 18.2. The predicted octanol–water partition coefficient (Wildman–Crippen LogP) is 4.57. The van der Waals surface area contributed by atoms with Crippen LogP contribution < -0.4 is 14.7 Å². The van der Waals surface area contributed by atoms with E-state index in [0.717, 1.165) is 16.0 Å². The summed E-state index contributed by atoms with van der Waals surface area (Å²) in [6.45, 7) is 0.0962. The number of likely N-dealkylation sites (N-methyl/N-ethyl adjacent to an activating group) is 1. The fraction of sp³-hybridized carbons (Fsp3) is 0.240. The van der Waals surface area contributed by atoms with Crippen LogP contribution in [0.2, 0.25) is 0 Å². The van der Waals surface area contributed by atoms with Crippen LogP contribution in [0.1, 0.15) is 34.5 Å². The van der Waals surface area contributed by atoms with Crippen molar-refractivity contribution in [2.45, 2.75) is 25.2 Å². The molecule has 0 saturated carbocycles. The zero-order valence-electron chi connectivity index (χ0n) is 18.5. The first-order chi connectivity index (χ1) is 16.2. The first kappa shape index (κ1) is 21.9. The van der Waals surface area contributed by atoms with E-state index < -0.39 is 30.7 Å². The van der Waals surface area contributed by atoms with E-state index in [1.165, 1.54) is 23.8 Å². The molecule has 2 amide bonds. The van der Waals surface area contributed by atoms with Crippen molar-refractivity contribution in [1.29, 1.82) is 0 Å². The number of aromatic nitrogens is 1. The second-order valence-electron chi connectivity index (χ2n) is 8.40. The molecule has 174 valence electrons. The summed E-state index contributed by atoms with van der Waals surface area (Å²) in [7, 11) is 1.51. The summed E-state index contributed by atoms with van der Waals surface area (Å²) >= 11 is 0. The van der Waals surface area contributed by atoms with Crippen LogP contribution in [0.4, 0.5) is 30.5 Å². The van der Waals surface area contributed by atoms with Gasteiger partial charge in [-0.3, -0.25) is 14.5 Å². The molecule has 1 aromatic heterocycles. The number of rotatable bonds is 3. The molecular formula is C25H21F3N4O2. The topological polar surface area (TPSA) is 56.8 Å². The smallest absolute Gasteiger partial charge is 0.334 e. The molecule has 5 rings (SSSR count). The summed E-state index contributed by atoms with van der Waals surface area (Å²) in [5.41, 5.74) is 2.43. The van der Waals surface area contributed by atoms with E-state index >= 15 is 0 Å². The number of pyridine rings is 1. The molecule has 2 aromatic carbocycles. The highest BCUT2D eigenvalue weighted by Gasteiger charge is 2.43. The first-order valence-electron chi connectivity index (χ1n) is 10.8. The van der Waals surface area contributed by atoms with Gasteiger partial charge in [-0.15, -0.1) is 0 Å². The van der Waals surface area contributed by atoms with Crippen molar-refractivity contribution in [2.75, 3.05) is 28.3 Å². The molecule has 2 unspecified atom stereocenters. The average molecular weight is 466 g/mol. The number of anilines is 3. The van der Waals surface area contributed by atoms with E-state index in [0.29, 0.717) is 5.56 Å². The minimum atomic E-state index is -4.54. The van der Waals surface area contributed by atoms with Gasteiger partial charge in [0.05, 0.1) is 11.7 Å². The molecule has 34 heavy (non-hydrogen) atoms. The highest BCUT2D eigenvalue weighted by Crippen LogP contribution is 2.43. The highest BCUT2D eigenvalue weighted by molar-refractivity contribution is 6.12. The molecule has 0 N–H and O–H groups in total. The maximum absolute atomic E-state index is 13.5. The van der Waals surface area contributed by atoms with E-state index in [9.17, 15) is 22.8 Å². The number of hydrogen-bond acceptors (Lipinski definition) is 4. The van der Waals surface area contributed by atoms with Crippen molar-refractivity contribution in [1.82, 2.24) is 4.98 Å². The van der Waals surface area contributed by atoms with Crippen LogP contribution in [0.25, 0.3) is 0 Å². The van der Waals surface area contributed by atoms with E-state index in [2.05, 4.69) is 4.98 Å². The maximum Gasteiger partial charge on any atom is 0.406 e. The van der Waals surface area contributed by atoms with E-state index in [1.807, 2.05) is 42.5 Å². The summed E-state index contributed by atoms with van der Waals surface area (Å²) in [5.74, 6) is -0.512. The van der Waals surface area contributed by atoms with Crippen molar-refractivity contribution in [3.63, 3.8) is 0 Å². The van der Waals surface area contributed by atoms with Gasteiger partial charge in [-0.1, -0.05) is 48.5 Å². The van der Waals surface area contributed by atoms with Gasteiger partial charge in [-0.2, -0.15) is 13.2 Å². The number of carbonyl (C=O) groups is 2. The number of benzene rings is 2. The molecule has 2 aliphatic rings. The zero-order chi connectivity index (χ0) is 24.2. The minimum Gasteiger partial charge on any atom is -0.334 e. The molecule has 3 heterocycles. The van der Waals surface area contributed by atoms with Crippen LogP contribution in [0.15, 0.2) is 66.7 Å². The highest BCUT2D eigenvalue weighted by atomic mass is 19.4. The third kappa shape index (κ3) is 3.48. The van der Waals surface area contributed by atoms with Gasteiger partial charge in [0.1, 0.15) is 18.4 Å². The normalized spacial score (nSPS) is 20.0. The third-order valence-corrected chi connectivity index (χ3v) is 6.30. The molecule has 2 atom stereocenters. The molecular weight excluding hydrogens is 445 g/mol. The zero-order valence-corrected chi connectivity index (χ0v) is 18.5.